The average Bonchev–Trinajstić information content (AvgIpc) is 2.61. The van der Waals surface area contributed by atoms with Crippen LogP contribution in [0.4, 0.5) is 0 Å². The molecule has 0 aliphatic carbocycles. The Morgan fingerprint density at radius 3 is 2.93 bits per heavy atom. The predicted molar refractivity (Wildman–Crippen MR) is 55.3 cm³/mol. The average molecular weight is 188 g/mol. The third-order valence-electron chi connectivity index (χ3n) is 2.38. The number of furan rings is 1. The van der Waals surface area contributed by atoms with Gasteiger partial charge >= 0.3 is 0 Å². The van der Waals surface area contributed by atoms with Crippen molar-refractivity contribution in [1.29, 1.82) is 0 Å². The lowest BCUT2D eigenvalue weighted by atomic mass is 10.1. The molecule has 2 nitrogen and oxygen atoms in total. The van der Waals surface area contributed by atoms with Gasteiger partial charge in [0.15, 0.2) is 0 Å². The highest BCUT2D eigenvalue weighted by Gasteiger charge is 2.10. The number of rotatable bonds is 3. The van der Waals surface area contributed by atoms with E-state index in [1.165, 1.54) is 0 Å². The number of para-hydroxylation sites is 1. The molecule has 0 radical (unpaired) electrons. The van der Waals surface area contributed by atoms with E-state index < -0.39 is 0 Å². The Hall–Kier alpha value is -1.57. The van der Waals surface area contributed by atoms with Crippen molar-refractivity contribution in [2.45, 2.75) is 19.3 Å². The second kappa shape index (κ2) is 3.66. The van der Waals surface area contributed by atoms with E-state index in [1.807, 2.05) is 37.3 Å². The van der Waals surface area contributed by atoms with Crippen molar-refractivity contribution in [2.75, 3.05) is 0 Å². The van der Waals surface area contributed by atoms with Crippen LogP contribution in [0.2, 0.25) is 0 Å². The van der Waals surface area contributed by atoms with Gasteiger partial charge in [-0.25, -0.2) is 0 Å². The molecule has 0 aliphatic heterocycles. The molecule has 2 heteroatoms. The van der Waals surface area contributed by atoms with Gasteiger partial charge in [0, 0.05) is 17.7 Å². The smallest absolute Gasteiger partial charge is 0.134 e. The van der Waals surface area contributed by atoms with Crippen LogP contribution >= 0.6 is 0 Å². The summed E-state index contributed by atoms with van der Waals surface area (Å²) < 4.78 is 5.62. The van der Waals surface area contributed by atoms with Gasteiger partial charge in [0.2, 0.25) is 0 Å². The number of carbonyl (C=O) groups excluding carboxylic acids is 1. The third kappa shape index (κ3) is 1.55. The minimum Gasteiger partial charge on any atom is -0.461 e. The van der Waals surface area contributed by atoms with Gasteiger partial charge < -0.3 is 9.21 Å². The lowest BCUT2D eigenvalue weighted by molar-refractivity contribution is -0.108. The van der Waals surface area contributed by atoms with Crippen molar-refractivity contribution in [2.24, 2.45) is 0 Å². The van der Waals surface area contributed by atoms with E-state index in [0.29, 0.717) is 6.42 Å². The lowest BCUT2D eigenvalue weighted by Gasteiger charge is -2.00. The Morgan fingerprint density at radius 1 is 1.43 bits per heavy atom. The monoisotopic (exact) mass is 188 g/mol. The van der Waals surface area contributed by atoms with Crippen LogP contribution in [0.25, 0.3) is 11.0 Å². The van der Waals surface area contributed by atoms with Crippen LogP contribution in [0, 0.1) is 0 Å². The Kier molecular flexibility index (Phi) is 2.35. The highest BCUT2D eigenvalue weighted by atomic mass is 16.3. The molecule has 0 N–H and O–H groups in total. The number of benzene rings is 1. The van der Waals surface area contributed by atoms with Crippen LogP contribution in [-0.4, -0.2) is 6.29 Å². The van der Waals surface area contributed by atoms with Gasteiger partial charge in [0.05, 0.1) is 0 Å². The summed E-state index contributed by atoms with van der Waals surface area (Å²) in [5.41, 5.74) is 0.889. The zero-order chi connectivity index (χ0) is 9.97. The van der Waals surface area contributed by atoms with Gasteiger partial charge in [-0.05, 0) is 12.1 Å². The maximum absolute atomic E-state index is 10.4. The van der Waals surface area contributed by atoms with Crippen LogP contribution in [-0.2, 0) is 4.79 Å². The van der Waals surface area contributed by atoms with E-state index in [0.717, 1.165) is 23.0 Å². The molecule has 1 unspecified atom stereocenters. The summed E-state index contributed by atoms with van der Waals surface area (Å²) >= 11 is 0. The maximum Gasteiger partial charge on any atom is 0.134 e. The quantitative estimate of drug-likeness (QED) is 0.693. The van der Waals surface area contributed by atoms with Crippen LogP contribution < -0.4 is 0 Å². The van der Waals surface area contributed by atoms with E-state index in [4.69, 9.17) is 4.42 Å². The number of hydrogen-bond donors (Lipinski definition) is 0. The van der Waals surface area contributed by atoms with Gasteiger partial charge in [-0.3, -0.25) is 0 Å². The maximum atomic E-state index is 10.4. The van der Waals surface area contributed by atoms with E-state index in [-0.39, 0.29) is 5.92 Å². The SMILES string of the molecule is CC(CC=O)c1cc2ccccc2o1. The fourth-order valence-corrected chi connectivity index (χ4v) is 1.51. The molecule has 1 aromatic heterocycles. The fraction of sp³-hybridized carbons (Fsp3) is 0.250. The molecule has 0 fully saturated rings. The summed E-state index contributed by atoms with van der Waals surface area (Å²) in [7, 11) is 0. The first-order valence-corrected chi connectivity index (χ1v) is 4.73. The minimum atomic E-state index is 0.167. The minimum absolute atomic E-state index is 0.167. The molecule has 2 rings (SSSR count). The fourth-order valence-electron chi connectivity index (χ4n) is 1.51. The zero-order valence-corrected chi connectivity index (χ0v) is 8.07. The Bertz CT molecular complexity index is 409. The van der Waals surface area contributed by atoms with E-state index in [1.54, 1.807) is 0 Å². The Balaban J connectivity index is 2.39. The Labute approximate surface area is 82.5 Å². The third-order valence-corrected chi connectivity index (χ3v) is 2.38. The summed E-state index contributed by atoms with van der Waals surface area (Å²) in [6.07, 6.45) is 1.44. The van der Waals surface area contributed by atoms with Crippen molar-refractivity contribution < 1.29 is 9.21 Å². The summed E-state index contributed by atoms with van der Waals surface area (Å²) in [6.45, 7) is 1.99. The number of carbonyl (C=O) groups is 1. The standard InChI is InChI=1S/C12H12O2/c1-9(6-7-13)12-8-10-4-2-3-5-11(10)14-12/h2-5,7-9H,6H2,1H3. The van der Waals surface area contributed by atoms with E-state index in [2.05, 4.69) is 0 Å². The molecule has 2 aromatic rings. The molecular weight excluding hydrogens is 176 g/mol. The van der Waals surface area contributed by atoms with Gasteiger partial charge in [0.1, 0.15) is 17.6 Å². The van der Waals surface area contributed by atoms with Crippen LogP contribution in [0.5, 0.6) is 0 Å². The molecule has 1 atom stereocenters. The van der Waals surface area contributed by atoms with Crippen molar-refractivity contribution in [3.05, 3.63) is 36.1 Å². The van der Waals surface area contributed by atoms with E-state index >= 15 is 0 Å². The molecule has 1 aromatic carbocycles. The van der Waals surface area contributed by atoms with Crippen LogP contribution in [0.1, 0.15) is 25.0 Å². The first-order chi connectivity index (χ1) is 6.81. The van der Waals surface area contributed by atoms with Crippen molar-refractivity contribution in [3.8, 4) is 0 Å². The van der Waals surface area contributed by atoms with Crippen LogP contribution in [0.3, 0.4) is 0 Å². The molecule has 0 saturated heterocycles. The summed E-state index contributed by atoms with van der Waals surface area (Å²) in [4.78, 5) is 10.4. The molecule has 14 heavy (non-hydrogen) atoms. The second-order valence-corrected chi connectivity index (χ2v) is 3.49. The van der Waals surface area contributed by atoms with Crippen molar-refractivity contribution >= 4 is 17.3 Å². The normalized spacial score (nSPS) is 12.9. The first kappa shape index (κ1) is 9.00. The molecule has 0 saturated carbocycles. The predicted octanol–water partition coefficient (Wildman–Crippen LogP) is 3.13. The van der Waals surface area contributed by atoms with Crippen molar-refractivity contribution in [3.63, 3.8) is 0 Å². The molecular formula is C12H12O2. The number of fused-ring (bicyclic) bond motifs is 1. The summed E-state index contributed by atoms with van der Waals surface area (Å²) in [5.74, 6) is 1.05. The zero-order valence-electron chi connectivity index (χ0n) is 8.07. The Morgan fingerprint density at radius 2 is 2.21 bits per heavy atom. The second-order valence-electron chi connectivity index (χ2n) is 3.49. The molecule has 0 spiro atoms. The highest BCUT2D eigenvalue weighted by molar-refractivity contribution is 5.77. The molecule has 72 valence electrons. The highest BCUT2D eigenvalue weighted by Crippen LogP contribution is 2.25. The largest absolute Gasteiger partial charge is 0.461 e. The van der Waals surface area contributed by atoms with Gasteiger partial charge in [-0.1, -0.05) is 25.1 Å². The summed E-state index contributed by atoms with van der Waals surface area (Å²) in [5, 5.41) is 1.10. The van der Waals surface area contributed by atoms with Gasteiger partial charge in [-0.15, -0.1) is 0 Å². The number of aldehydes is 1. The van der Waals surface area contributed by atoms with Gasteiger partial charge in [0.25, 0.3) is 0 Å². The lowest BCUT2D eigenvalue weighted by Crippen LogP contribution is -1.90. The van der Waals surface area contributed by atoms with E-state index in [9.17, 15) is 4.79 Å². The topological polar surface area (TPSA) is 30.2 Å². The molecule has 0 bridgehead atoms. The van der Waals surface area contributed by atoms with Gasteiger partial charge in [-0.2, -0.15) is 0 Å². The van der Waals surface area contributed by atoms with Crippen molar-refractivity contribution in [1.82, 2.24) is 0 Å². The number of hydrogen-bond acceptors (Lipinski definition) is 2. The first-order valence-electron chi connectivity index (χ1n) is 4.73. The summed E-state index contributed by atoms with van der Waals surface area (Å²) in [6, 6.07) is 9.87. The molecule has 1 heterocycles. The molecule has 0 amide bonds. The van der Waals surface area contributed by atoms with Crippen LogP contribution in [0.15, 0.2) is 34.7 Å². The molecule has 0 aliphatic rings.